The fourth-order valence-corrected chi connectivity index (χ4v) is 3.00. The normalized spacial score (nSPS) is 12.7. The van der Waals surface area contributed by atoms with Crippen LogP contribution < -0.4 is 4.72 Å². The molecule has 5 nitrogen and oxygen atoms in total. The second-order valence-electron chi connectivity index (χ2n) is 5.24. The summed E-state index contributed by atoms with van der Waals surface area (Å²) in [6, 6.07) is 2.30. The monoisotopic (exact) mass is 324 g/mol. The summed E-state index contributed by atoms with van der Waals surface area (Å²) >= 11 is 5.48. The number of hydrogen-bond acceptors (Lipinski definition) is 4. The first kappa shape index (κ1) is 17.3. The van der Waals surface area contributed by atoms with Crippen LogP contribution in [0, 0.1) is 11.4 Å². The molecular weight excluding hydrogens is 307 g/mol. The third kappa shape index (κ3) is 4.97. The summed E-state index contributed by atoms with van der Waals surface area (Å²) in [5.41, 5.74) is -0.341. The van der Waals surface area contributed by atoms with Crippen LogP contribution in [0.5, 0.6) is 0 Å². The van der Waals surface area contributed by atoms with E-state index >= 15 is 0 Å². The van der Waals surface area contributed by atoms with Gasteiger partial charge in [-0.2, -0.15) is 4.39 Å². The molecular formula is C12H18ClFN2O3S. The van der Waals surface area contributed by atoms with Crippen molar-refractivity contribution in [1.29, 1.82) is 0 Å². The van der Waals surface area contributed by atoms with Gasteiger partial charge in [-0.15, -0.1) is 0 Å². The van der Waals surface area contributed by atoms with Gasteiger partial charge in [-0.3, -0.25) is 0 Å². The van der Waals surface area contributed by atoms with Gasteiger partial charge in [0.1, 0.15) is 10.0 Å². The zero-order valence-corrected chi connectivity index (χ0v) is 12.9. The second-order valence-corrected chi connectivity index (χ2v) is 7.36. The lowest BCUT2D eigenvalue weighted by Crippen LogP contribution is -2.34. The van der Waals surface area contributed by atoms with Crippen LogP contribution in [0.25, 0.3) is 0 Å². The molecule has 0 radical (unpaired) electrons. The van der Waals surface area contributed by atoms with Crippen LogP contribution in [0.3, 0.4) is 0 Å². The molecule has 0 aliphatic carbocycles. The summed E-state index contributed by atoms with van der Waals surface area (Å²) in [5.74, 6) is -1.13. The van der Waals surface area contributed by atoms with Gasteiger partial charge in [0.25, 0.3) is 0 Å². The zero-order chi connectivity index (χ0) is 15.4. The number of aromatic nitrogens is 1. The van der Waals surface area contributed by atoms with Crippen molar-refractivity contribution in [3.05, 3.63) is 23.2 Å². The van der Waals surface area contributed by atoms with Crippen LogP contribution in [0.1, 0.15) is 26.7 Å². The van der Waals surface area contributed by atoms with E-state index < -0.39 is 20.9 Å². The Balaban J connectivity index is 2.80. The van der Waals surface area contributed by atoms with Crippen molar-refractivity contribution in [3.8, 4) is 0 Å². The summed E-state index contributed by atoms with van der Waals surface area (Å²) in [6.07, 6.45) is 1.22. The number of sulfonamides is 1. The average Bonchev–Trinajstić information content (AvgIpc) is 2.34. The molecule has 114 valence electrons. The van der Waals surface area contributed by atoms with Gasteiger partial charge >= 0.3 is 0 Å². The van der Waals surface area contributed by atoms with Gasteiger partial charge in [-0.1, -0.05) is 25.4 Å². The van der Waals surface area contributed by atoms with Crippen LogP contribution in [0.2, 0.25) is 5.15 Å². The van der Waals surface area contributed by atoms with Crippen molar-refractivity contribution in [2.24, 2.45) is 5.41 Å². The predicted octanol–water partition coefficient (Wildman–Crippen LogP) is 1.95. The molecule has 0 saturated heterocycles. The number of rotatable bonds is 7. The minimum atomic E-state index is -3.97. The highest BCUT2D eigenvalue weighted by Gasteiger charge is 2.24. The molecule has 0 amide bonds. The number of pyridine rings is 1. The van der Waals surface area contributed by atoms with Crippen LogP contribution in [0.4, 0.5) is 4.39 Å². The molecule has 1 aromatic rings. The number of aliphatic hydroxyl groups is 1. The number of nitrogens with zero attached hydrogens (tertiary/aromatic N) is 1. The highest BCUT2D eigenvalue weighted by Crippen LogP contribution is 2.22. The van der Waals surface area contributed by atoms with E-state index in [1.54, 1.807) is 0 Å². The first-order valence-corrected chi connectivity index (χ1v) is 7.97. The lowest BCUT2D eigenvalue weighted by molar-refractivity contribution is 0.242. The van der Waals surface area contributed by atoms with Crippen molar-refractivity contribution >= 4 is 21.6 Å². The molecule has 0 unspecified atom stereocenters. The Bertz CT molecular complexity index is 564. The van der Waals surface area contributed by atoms with E-state index in [9.17, 15) is 12.8 Å². The van der Waals surface area contributed by atoms with Crippen molar-refractivity contribution in [3.63, 3.8) is 0 Å². The smallest absolute Gasteiger partial charge is 0.245 e. The Labute approximate surface area is 123 Å². The molecule has 0 aliphatic heterocycles. The van der Waals surface area contributed by atoms with Crippen molar-refractivity contribution < 1.29 is 17.9 Å². The van der Waals surface area contributed by atoms with Gasteiger partial charge < -0.3 is 5.11 Å². The largest absolute Gasteiger partial charge is 0.396 e. The maximum Gasteiger partial charge on any atom is 0.245 e. The SMILES string of the molecule is CC(C)(CCCO)CNS(=O)(=O)c1ccc(Cl)nc1F. The summed E-state index contributed by atoms with van der Waals surface area (Å²) in [6.45, 7) is 3.91. The van der Waals surface area contributed by atoms with Crippen LogP contribution >= 0.6 is 11.6 Å². The molecule has 0 aromatic carbocycles. The standard InChI is InChI=1S/C12H18ClFN2O3S/c1-12(2,6-3-7-17)8-15-20(18,19)9-4-5-10(13)16-11(9)14/h4-5,15,17H,3,6-8H2,1-2H3. The number of hydrogen-bond donors (Lipinski definition) is 2. The van der Waals surface area contributed by atoms with E-state index in [0.717, 1.165) is 6.07 Å². The second kappa shape index (κ2) is 6.80. The Morgan fingerprint density at radius 3 is 2.65 bits per heavy atom. The minimum Gasteiger partial charge on any atom is -0.396 e. The van der Waals surface area contributed by atoms with Crippen molar-refractivity contribution in [1.82, 2.24) is 9.71 Å². The molecule has 1 heterocycles. The minimum absolute atomic E-state index is 0.0475. The molecule has 0 bridgehead atoms. The first-order chi connectivity index (χ1) is 9.18. The number of aliphatic hydroxyl groups excluding tert-OH is 1. The molecule has 0 atom stereocenters. The van der Waals surface area contributed by atoms with Gasteiger partial charge in [0.05, 0.1) is 0 Å². The molecule has 0 fully saturated rings. The lowest BCUT2D eigenvalue weighted by atomic mass is 9.88. The first-order valence-electron chi connectivity index (χ1n) is 6.10. The summed E-state index contributed by atoms with van der Waals surface area (Å²) in [5, 5.41) is 8.68. The molecule has 8 heteroatoms. The van der Waals surface area contributed by atoms with E-state index in [1.165, 1.54) is 6.07 Å². The average molecular weight is 325 g/mol. The van der Waals surface area contributed by atoms with Crippen LogP contribution in [-0.4, -0.2) is 31.7 Å². The maximum absolute atomic E-state index is 13.5. The Hall–Kier alpha value is -0.760. The molecule has 0 aliphatic rings. The van der Waals surface area contributed by atoms with E-state index in [4.69, 9.17) is 16.7 Å². The molecule has 0 saturated carbocycles. The van der Waals surface area contributed by atoms with Crippen LogP contribution in [-0.2, 0) is 10.0 Å². The van der Waals surface area contributed by atoms with E-state index in [-0.39, 0.29) is 23.7 Å². The van der Waals surface area contributed by atoms with Gasteiger partial charge in [-0.05, 0) is 30.4 Å². The van der Waals surface area contributed by atoms with Crippen LogP contribution in [0.15, 0.2) is 17.0 Å². The number of halogens is 2. The van der Waals surface area contributed by atoms with Gasteiger partial charge in [-0.25, -0.2) is 18.1 Å². The fraction of sp³-hybridized carbons (Fsp3) is 0.583. The summed E-state index contributed by atoms with van der Waals surface area (Å²) in [7, 11) is -3.97. The van der Waals surface area contributed by atoms with Gasteiger partial charge in [0.2, 0.25) is 16.0 Å². The molecule has 1 rings (SSSR count). The highest BCUT2D eigenvalue weighted by molar-refractivity contribution is 7.89. The van der Waals surface area contributed by atoms with E-state index in [1.807, 2.05) is 13.8 Å². The topological polar surface area (TPSA) is 79.3 Å². The highest BCUT2D eigenvalue weighted by atomic mass is 35.5. The van der Waals surface area contributed by atoms with E-state index in [2.05, 4.69) is 9.71 Å². The molecule has 0 spiro atoms. The maximum atomic E-state index is 13.5. The van der Waals surface area contributed by atoms with E-state index in [0.29, 0.717) is 12.8 Å². The number of nitrogens with one attached hydrogen (secondary N) is 1. The molecule has 1 aromatic heterocycles. The van der Waals surface area contributed by atoms with Crippen molar-refractivity contribution in [2.45, 2.75) is 31.6 Å². The Morgan fingerprint density at radius 2 is 2.10 bits per heavy atom. The fourth-order valence-electron chi connectivity index (χ4n) is 1.61. The Morgan fingerprint density at radius 1 is 1.45 bits per heavy atom. The summed E-state index contributed by atoms with van der Waals surface area (Å²) < 4.78 is 39.9. The third-order valence-electron chi connectivity index (χ3n) is 2.82. The molecule has 20 heavy (non-hydrogen) atoms. The van der Waals surface area contributed by atoms with Crippen molar-refractivity contribution in [2.75, 3.05) is 13.2 Å². The quantitative estimate of drug-likeness (QED) is 0.751. The lowest BCUT2D eigenvalue weighted by Gasteiger charge is -2.24. The zero-order valence-electron chi connectivity index (χ0n) is 11.4. The van der Waals surface area contributed by atoms with Gasteiger partial charge in [0, 0.05) is 13.2 Å². The Kier molecular flexibility index (Phi) is 5.88. The van der Waals surface area contributed by atoms with Gasteiger partial charge in [0.15, 0.2) is 0 Å². The summed E-state index contributed by atoms with van der Waals surface area (Å²) in [4.78, 5) is 2.75. The molecule has 2 N–H and O–H groups in total. The third-order valence-corrected chi connectivity index (χ3v) is 4.44. The predicted molar refractivity (Wildman–Crippen MR) is 74.5 cm³/mol.